The minimum atomic E-state index is -0.00836. The summed E-state index contributed by atoms with van der Waals surface area (Å²) >= 11 is 0. The average Bonchev–Trinajstić information content (AvgIpc) is 2.56. The molecule has 4 nitrogen and oxygen atoms in total. The number of hydrogen-bond acceptors (Lipinski definition) is 3. The van der Waals surface area contributed by atoms with Gasteiger partial charge in [0.2, 0.25) is 0 Å². The Balaban J connectivity index is 2.55. The van der Waals surface area contributed by atoms with Gasteiger partial charge in [0, 0.05) is 6.42 Å². The molecule has 4 heteroatoms. The minimum Gasteiger partial charge on any atom is -0.394 e. The molecule has 1 aromatic rings. The highest BCUT2D eigenvalue weighted by Gasteiger charge is 2.36. The molecule has 1 aromatic heterocycles. The Kier molecular flexibility index (Phi) is 3.32. The molecule has 1 N–H and O–H groups in total. The Bertz CT molecular complexity index is 472. The van der Waals surface area contributed by atoms with Crippen LogP contribution in [0.1, 0.15) is 61.8 Å². The van der Waals surface area contributed by atoms with E-state index >= 15 is 0 Å². The van der Waals surface area contributed by atoms with Crippen molar-refractivity contribution in [3.8, 4) is 0 Å². The third-order valence-corrected chi connectivity index (χ3v) is 3.51. The molecule has 2 rings (SSSR count). The molecule has 1 heterocycles. The van der Waals surface area contributed by atoms with Crippen molar-refractivity contribution in [1.29, 1.82) is 0 Å². The first-order valence-corrected chi connectivity index (χ1v) is 6.59. The summed E-state index contributed by atoms with van der Waals surface area (Å²) in [5.41, 5.74) is 2.71. The zero-order valence-electron chi connectivity index (χ0n) is 11.7. The van der Waals surface area contributed by atoms with Crippen LogP contribution in [0, 0.1) is 5.41 Å². The number of hydrogen-bond donors (Lipinski definition) is 1. The number of Topliss-reactive ketones (excluding diaryl/α,β-unsaturated/α-hetero) is 1. The second-order valence-electron chi connectivity index (χ2n) is 6.25. The van der Waals surface area contributed by atoms with E-state index < -0.39 is 0 Å². The van der Waals surface area contributed by atoms with Gasteiger partial charge in [0.15, 0.2) is 5.78 Å². The van der Waals surface area contributed by atoms with Gasteiger partial charge in [-0.3, -0.25) is 9.48 Å². The van der Waals surface area contributed by atoms with Gasteiger partial charge in [0.05, 0.1) is 30.1 Å². The van der Waals surface area contributed by atoms with Gasteiger partial charge in [-0.25, -0.2) is 0 Å². The number of fused-ring (bicyclic) bond motifs is 1. The molecule has 0 saturated heterocycles. The van der Waals surface area contributed by atoms with E-state index in [-0.39, 0.29) is 23.7 Å². The second kappa shape index (κ2) is 4.50. The van der Waals surface area contributed by atoms with E-state index in [1.807, 2.05) is 4.68 Å². The number of nitrogens with zero attached hydrogens (tertiary/aromatic N) is 2. The van der Waals surface area contributed by atoms with Crippen LogP contribution in [0.25, 0.3) is 0 Å². The largest absolute Gasteiger partial charge is 0.394 e. The van der Waals surface area contributed by atoms with Crippen LogP contribution in [-0.2, 0) is 13.0 Å². The van der Waals surface area contributed by atoms with E-state index in [2.05, 4.69) is 32.8 Å². The van der Waals surface area contributed by atoms with E-state index in [1.165, 1.54) is 0 Å². The first-order chi connectivity index (χ1) is 8.35. The van der Waals surface area contributed by atoms with Crippen molar-refractivity contribution in [3.63, 3.8) is 0 Å². The summed E-state index contributed by atoms with van der Waals surface area (Å²) in [6, 6.07) is 0. The van der Waals surface area contributed by atoms with Crippen LogP contribution in [0.2, 0.25) is 0 Å². The van der Waals surface area contributed by atoms with Crippen LogP contribution in [-0.4, -0.2) is 27.3 Å². The Labute approximate surface area is 108 Å². The number of aliphatic hydroxyl groups excluding tert-OH is 1. The zero-order chi connectivity index (χ0) is 13.5. The second-order valence-corrected chi connectivity index (χ2v) is 6.25. The third-order valence-electron chi connectivity index (χ3n) is 3.51. The SMILES string of the molecule is CC(C)c1nn(CCO)c2c1C(=O)CC(C)(C)C2. The smallest absolute Gasteiger partial charge is 0.167 e. The fourth-order valence-corrected chi connectivity index (χ4v) is 2.72. The molecular formula is C14H22N2O2. The first kappa shape index (κ1) is 13.3. The number of rotatable bonds is 3. The Morgan fingerprint density at radius 2 is 2.06 bits per heavy atom. The van der Waals surface area contributed by atoms with Crippen LogP contribution >= 0.6 is 0 Å². The average molecular weight is 250 g/mol. The van der Waals surface area contributed by atoms with E-state index in [1.54, 1.807) is 0 Å². The molecule has 0 saturated carbocycles. The predicted molar refractivity (Wildman–Crippen MR) is 69.8 cm³/mol. The van der Waals surface area contributed by atoms with Crippen molar-refractivity contribution in [2.45, 2.75) is 53.0 Å². The van der Waals surface area contributed by atoms with Gasteiger partial charge in [0.1, 0.15) is 0 Å². The number of carbonyl (C=O) groups excluding carboxylic acids is 1. The quantitative estimate of drug-likeness (QED) is 0.894. The van der Waals surface area contributed by atoms with Crippen LogP contribution in [0.4, 0.5) is 0 Å². The molecule has 100 valence electrons. The van der Waals surface area contributed by atoms with Gasteiger partial charge in [-0.2, -0.15) is 5.10 Å². The highest BCUT2D eigenvalue weighted by Crippen LogP contribution is 2.37. The van der Waals surface area contributed by atoms with Gasteiger partial charge < -0.3 is 5.11 Å². The van der Waals surface area contributed by atoms with Crippen molar-refractivity contribution in [1.82, 2.24) is 9.78 Å². The number of carbonyl (C=O) groups is 1. The lowest BCUT2D eigenvalue weighted by molar-refractivity contribution is 0.0908. The minimum absolute atomic E-state index is 0.00836. The standard InChI is InChI=1S/C14H22N2O2/c1-9(2)13-12-10(16(15-13)5-6-17)7-14(3,4)8-11(12)18/h9,17H,5-8H2,1-4H3. The fourth-order valence-electron chi connectivity index (χ4n) is 2.72. The Hall–Kier alpha value is -1.16. The zero-order valence-corrected chi connectivity index (χ0v) is 11.7. The van der Waals surface area contributed by atoms with Gasteiger partial charge in [0.25, 0.3) is 0 Å². The molecule has 1 aliphatic carbocycles. The normalized spacial score (nSPS) is 18.2. The monoisotopic (exact) mass is 250 g/mol. The van der Waals surface area contributed by atoms with Gasteiger partial charge in [-0.15, -0.1) is 0 Å². The summed E-state index contributed by atoms with van der Waals surface area (Å²) in [5.74, 6) is 0.443. The maximum atomic E-state index is 12.3. The van der Waals surface area contributed by atoms with Gasteiger partial charge >= 0.3 is 0 Å². The molecule has 0 radical (unpaired) electrons. The highest BCUT2D eigenvalue weighted by molar-refractivity contribution is 6.00. The molecule has 0 fully saturated rings. The maximum absolute atomic E-state index is 12.3. The summed E-state index contributed by atoms with van der Waals surface area (Å²) in [6.45, 7) is 8.86. The Morgan fingerprint density at radius 1 is 1.39 bits per heavy atom. The lowest BCUT2D eigenvalue weighted by Gasteiger charge is -2.29. The van der Waals surface area contributed by atoms with Gasteiger partial charge in [-0.05, 0) is 17.8 Å². The Morgan fingerprint density at radius 3 is 2.61 bits per heavy atom. The van der Waals surface area contributed by atoms with Crippen LogP contribution in [0.15, 0.2) is 0 Å². The summed E-state index contributed by atoms with van der Waals surface area (Å²) in [4.78, 5) is 12.3. The number of ketones is 1. The van der Waals surface area contributed by atoms with Crippen LogP contribution < -0.4 is 0 Å². The summed E-state index contributed by atoms with van der Waals surface area (Å²) < 4.78 is 1.82. The molecule has 0 aliphatic heterocycles. The molecule has 0 atom stereocenters. The van der Waals surface area contributed by atoms with Crippen molar-refractivity contribution in [3.05, 3.63) is 17.0 Å². The molecular weight excluding hydrogens is 228 g/mol. The molecule has 0 amide bonds. The van der Waals surface area contributed by atoms with E-state index in [0.29, 0.717) is 13.0 Å². The summed E-state index contributed by atoms with van der Waals surface area (Å²) in [5, 5.41) is 13.7. The van der Waals surface area contributed by atoms with Crippen molar-refractivity contribution in [2.75, 3.05) is 6.61 Å². The predicted octanol–water partition coefficient (Wildman–Crippen LogP) is 2.15. The summed E-state index contributed by atoms with van der Waals surface area (Å²) in [6.07, 6.45) is 1.44. The lowest BCUT2D eigenvalue weighted by Crippen LogP contribution is -2.28. The lowest BCUT2D eigenvalue weighted by atomic mass is 9.75. The number of aromatic nitrogens is 2. The first-order valence-electron chi connectivity index (χ1n) is 6.59. The fraction of sp³-hybridized carbons (Fsp3) is 0.714. The topological polar surface area (TPSA) is 55.1 Å². The molecule has 0 bridgehead atoms. The van der Waals surface area contributed by atoms with Crippen molar-refractivity contribution < 1.29 is 9.90 Å². The van der Waals surface area contributed by atoms with Crippen LogP contribution in [0.5, 0.6) is 0 Å². The molecule has 0 unspecified atom stereocenters. The molecule has 0 spiro atoms. The van der Waals surface area contributed by atoms with E-state index in [4.69, 9.17) is 5.11 Å². The van der Waals surface area contributed by atoms with Crippen molar-refractivity contribution >= 4 is 5.78 Å². The highest BCUT2D eigenvalue weighted by atomic mass is 16.3. The molecule has 18 heavy (non-hydrogen) atoms. The van der Waals surface area contributed by atoms with Crippen molar-refractivity contribution in [2.24, 2.45) is 5.41 Å². The molecule has 1 aliphatic rings. The molecule has 0 aromatic carbocycles. The van der Waals surface area contributed by atoms with Crippen LogP contribution in [0.3, 0.4) is 0 Å². The van der Waals surface area contributed by atoms with E-state index in [9.17, 15) is 4.79 Å². The maximum Gasteiger partial charge on any atom is 0.167 e. The number of aliphatic hydroxyl groups is 1. The van der Waals surface area contributed by atoms with E-state index in [0.717, 1.165) is 23.4 Å². The van der Waals surface area contributed by atoms with Gasteiger partial charge in [-0.1, -0.05) is 27.7 Å². The third kappa shape index (κ3) is 2.21. The summed E-state index contributed by atoms with van der Waals surface area (Å²) in [7, 11) is 0.